The lowest BCUT2D eigenvalue weighted by atomic mass is 9.94. The number of amides is 5. The smallest absolute Gasteiger partial charge is 0.326 e. The highest BCUT2D eigenvalue weighted by Crippen LogP contribution is 2.18. The number of rotatable bonds is 83. The Morgan fingerprint density at radius 3 is 1.08 bits per heavy atom. The molecule has 0 aromatic carbocycles. The number of aliphatic carboxylic acids is 4. The highest BCUT2D eigenvalue weighted by Gasteiger charge is 2.23. The van der Waals surface area contributed by atoms with E-state index in [1.165, 1.54) is 6.92 Å². The van der Waals surface area contributed by atoms with Crippen LogP contribution in [-0.4, -0.2) is 247 Å². The van der Waals surface area contributed by atoms with E-state index in [2.05, 4.69) is 26.6 Å². The summed E-state index contributed by atoms with van der Waals surface area (Å²) >= 11 is 0. The number of nitrogens with two attached hydrogens (primary N) is 1. The molecule has 0 rings (SSSR count). The van der Waals surface area contributed by atoms with Gasteiger partial charge < -0.3 is 90.6 Å². The number of carbonyl (C=O) groups excluding carboxylic acids is 10. The van der Waals surface area contributed by atoms with Crippen LogP contribution in [0.4, 0.5) is 0 Å². The standard InChI is InChI=1S/2C40H71N3O13/c1-32(33(2)44)16-13-14-22-41-37(47)30-56-29-27-54-25-23-42-38(48)31-55-28-26-53-24-15-17-34(45)20-21-35(40(51)52)43-36(46)18-11-9-7-5-3-4-6-8-10-12-19-39(49)50;1-32(44)36(41)17-12-13-21-42-38(48)31-56-28-25-53-23-14-16-35(46)30-55-27-26-54-24-22-43-37(47)20-19-33(40(51)52)29-34(45)15-10-8-6-4-2-3-5-7-9-11-18-39(49)50/h32,35H,3-31H2,1-2H3,(H,41,47)(H,42,48)(H,43,46)(H,49,50)(H,51,52);33,36H,2-31,41H2,1H3,(H,42,48)(H,43,47)(H,49,50)(H,51,52)/t32-,35-;33-,36+/m01/s1. The minimum absolute atomic E-state index is 0.00455. The van der Waals surface area contributed by atoms with Gasteiger partial charge in [-0.05, 0) is 97.3 Å². The lowest BCUT2D eigenvalue weighted by Gasteiger charge is -2.14. The fourth-order valence-electron chi connectivity index (χ4n) is 11.0. The van der Waals surface area contributed by atoms with Gasteiger partial charge in [-0.25, -0.2) is 4.79 Å². The van der Waals surface area contributed by atoms with E-state index in [1.54, 1.807) is 6.92 Å². The number of carboxylic acid groups (broad SMARTS) is 4. The molecule has 5 amide bonds. The Kier molecular flexibility index (Phi) is 74.8. The number of carboxylic acids is 4. The summed E-state index contributed by atoms with van der Waals surface area (Å²) in [7, 11) is 0. The molecule has 0 aliphatic rings. The summed E-state index contributed by atoms with van der Waals surface area (Å²) in [6, 6.07) is -1.56. The van der Waals surface area contributed by atoms with E-state index in [-0.39, 0.29) is 215 Å². The maximum atomic E-state index is 12.4. The van der Waals surface area contributed by atoms with Gasteiger partial charge in [0.15, 0.2) is 5.78 Å². The molecule has 32 nitrogen and oxygen atoms in total. The zero-order valence-electron chi connectivity index (χ0n) is 67.9. The van der Waals surface area contributed by atoms with Crippen molar-refractivity contribution < 1.29 is 125 Å². The van der Waals surface area contributed by atoms with Gasteiger partial charge in [0.05, 0.1) is 78.0 Å². The molecule has 0 aliphatic carbocycles. The predicted molar refractivity (Wildman–Crippen MR) is 418 cm³/mol. The summed E-state index contributed by atoms with van der Waals surface area (Å²) in [5, 5.41) is 49.7. The van der Waals surface area contributed by atoms with Crippen molar-refractivity contribution in [3.63, 3.8) is 0 Å². The molecule has 0 unspecified atom stereocenters. The summed E-state index contributed by atoms with van der Waals surface area (Å²) in [4.78, 5) is 163. The van der Waals surface area contributed by atoms with Gasteiger partial charge in [0.2, 0.25) is 29.5 Å². The second kappa shape index (κ2) is 78.1. The molecular weight excluding hydrogens is 1460 g/mol. The maximum Gasteiger partial charge on any atom is 0.326 e. The van der Waals surface area contributed by atoms with Gasteiger partial charge in [-0.15, -0.1) is 0 Å². The van der Waals surface area contributed by atoms with Crippen molar-refractivity contribution in [2.24, 2.45) is 17.6 Å². The van der Waals surface area contributed by atoms with Crippen molar-refractivity contribution in [2.45, 2.75) is 283 Å². The summed E-state index contributed by atoms with van der Waals surface area (Å²) in [5.41, 5.74) is 5.67. The maximum absolute atomic E-state index is 12.4. The van der Waals surface area contributed by atoms with Gasteiger partial charge in [-0.1, -0.05) is 116 Å². The normalized spacial score (nSPS) is 12.1. The van der Waals surface area contributed by atoms with Gasteiger partial charge >= 0.3 is 23.9 Å². The fourth-order valence-corrected chi connectivity index (χ4v) is 11.0. The molecule has 32 heteroatoms. The van der Waals surface area contributed by atoms with Crippen molar-refractivity contribution in [1.82, 2.24) is 26.6 Å². The van der Waals surface area contributed by atoms with Crippen LogP contribution in [0.3, 0.4) is 0 Å². The first-order chi connectivity index (χ1) is 53.8. The van der Waals surface area contributed by atoms with Crippen molar-refractivity contribution in [1.29, 1.82) is 0 Å². The van der Waals surface area contributed by atoms with Gasteiger partial charge in [0.1, 0.15) is 55.6 Å². The molecule has 0 bridgehead atoms. The lowest BCUT2D eigenvalue weighted by Crippen LogP contribution is -2.41. The topological polar surface area (TPSA) is 480 Å². The van der Waals surface area contributed by atoms with E-state index in [0.29, 0.717) is 78.0 Å². The van der Waals surface area contributed by atoms with Crippen LogP contribution in [0.1, 0.15) is 271 Å². The van der Waals surface area contributed by atoms with Crippen molar-refractivity contribution in [3.8, 4) is 0 Å². The number of hydrogen-bond acceptors (Lipinski definition) is 23. The molecule has 0 saturated carbocycles. The number of nitrogens with one attached hydrogen (secondary N) is 5. The third-order valence-electron chi connectivity index (χ3n) is 18.0. The Labute approximate surface area is 664 Å². The molecule has 112 heavy (non-hydrogen) atoms. The molecule has 0 aromatic heterocycles. The van der Waals surface area contributed by atoms with E-state index in [0.717, 1.165) is 154 Å². The molecule has 648 valence electrons. The summed E-state index contributed by atoms with van der Waals surface area (Å²) in [5.74, 6) is -6.09. The van der Waals surface area contributed by atoms with Gasteiger partial charge in [-0.2, -0.15) is 0 Å². The minimum atomic E-state index is -1.17. The van der Waals surface area contributed by atoms with Gasteiger partial charge in [0, 0.05) is 103 Å². The van der Waals surface area contributed by atoms with Crippen LogP contribution in [0, 0.1) is 11.8 Å². The average molecular weight is 1600 g/mol. The molecule has 0 radical (unpaired) electrons. The van der Waals surface area contributed by atoms with Crippen molar-refractivity contribution in [2.75, 3.05) is 132 Å². The van der Waals surface area contributed by atoms with E-state index >= 15 is 0 Å². The van der Waals surface area contributed by atoms with Crippen LogP contribution in [0.15, 0.2) is 0 Å². The largest absolute Gasteiger partial charge is 0.481 e. The zero-order chi connectivity index (χ0) is 83.3. The molecule has 0 fully saturated rings. The summed E-state index contributed by atoms with van der Waals surface area (Å²) in [6.07, 6.45) is 26.8. The minimum Gasteiger partial charge on any atom is -0.481 e. The molecule has 0 heterocycles. The zero-order valence-corrected chi connectivity index (χ0v) is 67.9. The van der Waals surface area contributed by atoms with Crippen LogP contribution in [-0.2, 0) is 105 Å². The van der Waals surface area contributed by atoms with Crippen LogP contribution < -0.4 is 32.3 Å². The molecule has 0 aromatic rings. The molecule has 4 atom stereocenters. The third-order valence-corrected chi connectivity index (χ3v) is 18.0. The Balaban J connectivity index is 0. The summed E-state index contributed by atoms with van der Waals surface area (Å²) < 4.78 is 42.8. The highest BCUT2D eigenvalue weighted by atomic mass is 16.5. The molecule has 0 spiro atoms. The Bertz CT molecular complexity index is 2380. The highest BCUT2D eigenvalue weighted by molar-refractivity contribution is 5.86. The molecule has 0 aliphatic heterocycles. The molecule has 0 saturated heterocycles. The van der Waals surface area contributed by atoms with Crippen LogP contribution in [0.25, 0.3) is 0 Å². The van der Waals surface area contributed by atoms with Gasteiger partial charge in [-0.3, -0.25) is 62.3 Å². The summed E-state index contributed by atoms with van der Waals surface area (Å²) in [6.45, 7) is 9.33. The number of ketones is 5. The number of hydrogen-bond donors (Lipinski definition) is 10. The second-order valence-electron chi connectivity index (χ2n) is 28.2. The van der Waals surface area contributed by atoms with Crippen LogP contribution in [0.5, 0.6) is 0 Å². The van der Waals surface area contributed by atoms with Crippen LogP contribution in [0.2, 0.25) is 0 Å². The van der Waals surface area contributed by atoms with Crippen molar-refractivity contribution >= 4 is 82.3 Å². The predicted octanol–water partition coefficient (Wildman–Crippen LogP) is 8.07. The first kappa shape index (κ1) is 107. The SMILES string of the molecule is CC(=O)[C@@H](C)CCCCNC(=O)COCCOCCNC(=O)COCCOCCCC(=O)CC[C@H](NC(=O)CCCCCCCCCCCCC(=O)O)C(=O)O.CC(=O)[C@@H](N)CCCCNC(=O)COCCOCCCC(=O)COCCOCCNC(=O)CC[C@H](CC(=O)CCCCCCCCCCCCC(=O)O)C(=O)O. The van der Waals surface area contributed by atoms with E-state index in [1.807, 2.05) is 6.92 Å². The fraction of sp³-hybridized carbons (Fsp3) is 0.825. The number of carbonyl (C=O) groups is 14. The Hall–Kier alpha value is -6.78. The first-order valence-electron chi connectivity index (χ1n) is 41.0. The average Bonchev–Trinajstić information content (AvgIpc) is 0.935. The van der Waals surface area contributed by atoms with Crippen LogP contribution >= 0.6 is 0 Å². The number of ether oxygens (including phenoxy) is 8. The number of Topliss-reactive ketones (excluding diaryl/α,β-unsaturated/α-hetero) is 5. The second-order valence-corrected chi connectivity index (χ2v) is 28.2. The Morgan fingerprint density at radius 1 is 0.295 bits per heavy atom. The lowest BCUT2D eigenvalue weighted by molar-refractivity contribution is -0.144. The number of unbranched alkanes of at least 4 members (excludes halogenated alkanes) is 20. The van der Waals surface area contributed by atoms with E-state index in [4.69, 9.17) is 53.8 Å². The third kappa shape index (κ3) is 78.5. The molecule has 11 N–H and O–H groups in total. The van der Waals surface area contributed by atoms with Gasteiger partial charge in [0.25, 0.3) is 0 Å². The van der Waals surface area contributed by atoms with E-state index in [9.17, 15) is 77.3 Å². The Morgan fingerprint density at radius 2 is 0.661 bits per heavy atom. The van der Waals surface area contributed by atoms with Crippen molar-refractivity contribution in [3.05, 3.63) is 0 Å². The monoisotopic (exact) mass is 1600 g/mol. The van der Waals surface area contributed by atoms with E-state index < -0.39 is 41.9 Å². The quantitative estimate of drug-likeness (QED) is 0.0257. The molecular formula is C80H142N6O26. The first-order valence-corrected chi connectivity index (χ1v) is 41.0.